The molecular formula is C20H18N2O3. The van der Waals surface area contributed by atoms with Crippen LogP contribution in [0.15, 0.2) is 71.7 Å². The summed E-state index contributed by atoms with van der Waals surface area (Å²) >= 11 is 0. The minimum atomic E-state index is -0.160. The van der Waals surface area contributed by atoms with Crippen molar-refractivity contribution in [1.82, 2.24) is 9.55 Å². The van der Waals surface area contributed by atoms with Gasteiger partial charge in [0.05, 0.1) is 13.2 Å². The van der Waals surface area contributed by atoms with Crippen molar-refractivity contribution in [3.8, 4) is 5.82 Å². The van der Waals surface area contributed by atoms with Crippen LogP contribution in [0.1, 0.15) is 21.6 Å². The van der Waals surface area contributed by atoms with E-state index in [0.29, 0.717) is 31.0 Å². The molecule has 3 aromatic rings. The molecule has 2 aromatic heterocycles. The van der Waals surface area contributed by atoms with Gasteiger partial charge in [-0.1, -0.05) is 36.4 Å². The highest BCUT2D eigenvalue weighted by Gasteiger charge is 2.07. The monoisotopic (exact) mass is 334 g/mol. The SMILES string of the molecule is O=Cc1ccc(-n2c(CCOCc3ccccc3)cccc2=O)nc1. The van der Waals surface area contributed by atoms with Gasteiger partial charge in [-0.2, -0.15) is 0 Å². The average molecular weight is 334 g/mol. The van der Waals surface area contributed by atoms with Crippen molar-refractivity contribution in [2.24, 2.45) is 0 Å². The summed E-state index contributed by atoms with van der Waals surface area (Å²) in [6.45, 7) is 1.02. The quantitative estimate of drug-likeness (QED) is 0.492. The van der Waals surface area contributed by atoms with Gasteiger partial charge in [0.2, 0.25) is 0 Å². The van der Waals surface area contributed by atoms with Gasteiger partial charge in [-0.25, -0.2) is 4.98 Å². The average Bonchev–Trinajstić information content (AvgIpc) is 2.66. The Bertz CT molecular complexity index is 887. The molecule has 0 N–H and O–H groups in total. The second-order valence-electron chi connectivity index (χ2n) is 5.55. The van der Waals surface area contributed by atoms with Crippen molar-refractivity contribution in [3.05, 3.63) is 94.0 Å². The Labute approximate surface area is 145 Å². The van der Waals surface area contributed by atoms with E-state index in [4.69, 9.17) is 4.74 Å². The van der Waals surface area contributed by atoms with Gasteiger partial charge in [-0.15, -0.1) is 0 Å². The molecule has 0 fully saturated rings. The molecule has 0 amide bonds. The van der Waals surface area contributed by atoms with Crippen LogP contribution >= 0.6 is 0 Å². The van der Waals surface area contributed by atoms with Crippen LogP contribution in [0.4, 0.5) is 0 Å². The first kappa shape index (κ1) is 16.8. The first-order valence-electron chi connectivity index (χ1n) is 8.02. The van der Waals surface area contributed by atoms with E-state index in [9.17, 15) is 9.59 Å². The van der Waals surface area contributed by atoms with E-state index in [-0.39, 0.29) is 5.56 Å². The zero-order valence-electron chi connectivity index (χ0n) is 13.7. The Morgan fingerprint density at radius 3 is 2.56 bits per heavy atom. The van der Waals surface area contributed by atoms with Crippen LogP contribution in [0.25, 0.3) is 5.82 Å². The largest absolute Gasteiger partial charge is 0.376 e. The van der Waals surface area contributed by atoms with Gasteiger partial charge < -0.3 is 4.74 Å². The minimum Gasteiger partial charge on any atom is -0.376 e. The number of aromatic nitrogens is 2. The van der Waals surface area contributed by atoms with E-state index >= 15 is 0 Å². The van der Waals surface area contributed by atoms with E-state index in [1.54, 1.807) is 22.8 Å². The third-order valence-electron chi connectivity index (χ3n) is 3.79. The summed E-state index contributed by atoms with van der Waals surface area (Å²) in [6, 6.07) is 18.3. The zero-order chi connectivity index (χ0) is 17.5. The number of rotatable bonds is 7. The number of nitrogens with zero attached hydrogens (tertiary/aromatic N) is 2. The van der Waals surface area contributed by atoms with Gasteiger partial charge in [0.25, 0.3) is 5.56 Å². The molecule has 0 aliphatic carbocycles. The minimum absolute atomic E-state index is 0.160. The first-order valence-corrected chi connectivity index (χ1v) is 8.02. The molecule has 0 bridgehead atoms. The zero-order valence-corrected chi connectivity index (χ0v) is 13.7. The fourth-order valence-corrected chi connectivity index (χ4v) is 2.53. The van der Waals surface area contributed by atoms with Gasteiger partial charge >= 0.3 is 0 Å². The number of ether oxygens (including phenoxy) is 1. The molecule has 5 nitrogen and oxygen atoms in total. The topological polar surface area (TPSA) is 61.2 Å². The third-order valence-corrected chi connectivity index (χ3v) is 3.79. The van der Waals surface area contributed by atoms with Crippen molar-refractivity contribution in [1.29, 1.82) is 0 Å². The predicted octanol–water partition coefficient (Wildman–Crippen LogP) is 2.80. The van der Waals surface area contributed by atoms with Crippen LogP contribution < -0.4 is 5.56 Å². The number of aldehydes is 1. The van der Waals surface area contributed by atoms with Crippen molar-refractivity contribution in [3.63, 3.8) is 0 Å². The number of pyridine rings is 2. The Balaban J connectivity index is 1.72. The molecule has 0 saturated heterocycles. The van der Waals surface area contributed by atoms with Crippen molar-refractivity contribution >= 4 is 6.29 Å². The smallest absolute Gasteiger partial charge is 0.256 e. The number of benzene rings is 1. The van der Waals surface area contributed by atoms with Crippen LogP contribution in [0.2, 0.25) is 0 Å². The predicted molar refractivity (Wildman–Crippen MR) is 95.0 cm³/mol. The maximum atomic E-state index is 12.3. The maximum Gasteiger partial charge on any atom is 0.256 e. The van der Waals surface area contributed by atoms with Crippen molar-refractivity contribution < 1.29 is 9.53 Å². The summed E-state index contributed by atoms with van der Waals surface area (Å²) in [5, 5.41) is 0. The molecule has 0 aliphatic rings. The van der Waals surface area contributed by atoms with Crippen molar-refractivity contribution in [2.75, 3.05) is 6.61 Å². The summed E-state index contributed by atoms with van der Waals surface area (Å²) in [7, 11) is 0. The van der Waals surface area contributed by atoms with Crippen LogP contribution in [-0.2, 0) is 17.8 Å². The normalized spacial score (nSPS) is 10.6. The number of carbonyl (C=O) groups excluding carboxylic acids is 1. The van der Waals surface area contributed by atoms with Crippen LogP contribution in [0.3, 0.4) is 0 Å². The lowest BCUT2D eigenvalue weighted by molar-refractivity contribution is 0.112. The summed E-state index contributed by atoms with van der Waals surface area (Å²) in [4.78, 5) is 27.2. The Hall–Kier alpha value is -3.05. The van der Waals surface area contributed by atoms with Gasteiger partial charge in [0, 0.05) is 29.9 Å². The lowest BCUT2D eigenvalue weighted by Crippen LogP contribution is -2.22. The molecule has 0 spiro atoms. The van der Waals surface area contributed by atoms with Crippen LogP contribution in [0, 0.1) is 0 Å². The summed E-state index contributed by atoms with van der Waals surface area (Å²) in [6.07, 6.45) is 2.76. The highest BCUT2D eigenvalue weighted by atomic mass is 16.5. The second-order valence-corrected chi connectivity index (χ2v) is 5.55. The van der Waals surface area contributed by atoms with E-state index in [1.807, 2.05) is 36.4 Å². The second kappa shape index (κ2) is 8.17. The van der Waals surface area contributed by atoms with Gasteiger partial charge in [-0.05, 0) is 23.8 Å². The Morgan fingerprint density at radius 2 is 1.84 bits per heavy atom. The van der Waals surface area contributed by atoms with Crippen LogP contribution in [0.5, 0.6) is 0 Å². The van der Waals surface area contributed by atoms with Crippen LogP contribution in [-0.4, -0.2) is 22.4 Å². The molecule has 25 heavy (non-hydrogen) atoms. The molecule has 0 saturated carbocycles. The number of hydrogen-bond donors (Lipinski definition) is 0. The molecule has 2 heterocycles. The lowest BCUT2D eigenvalue weighted by atomic mass is 10.2. The summed E-state index contributed by atoms with van der Waals surface area (Å²) in [5.74, 6) is 0.495. The first-order chi connectivity index (χ1) is 12.3. The Morgan fingerprint density at radius 1 is 1.00 bits per heavy atom. The molecule has 3 rings (SSSR count). The highest BCUT2D eigenvalue weighted by molar-refractivity contribution is 5.74. The number of hydrogen-bond acceptors (Lipinski definition) is 4. The van der Waals surface area contributed by atoms with Crippen molar-refractivity contribution in [2.45, 2.75) is 13.0 Å². The molecular weight excluding hydrogens is 316 g/mol. The molecule has 0 aliphatic heterocycles. The molecule has 0 radical (unpaired) electrons. The summed E-state index contributed by atoms with van der Waals surface area (Å²) in [5.41, 5.74) is 2.23. The fraction of sp³-hybridized carbons (Fsp3) is 0.150. The molecule has 5 heteroatoms. The third kappa shape index (κ3) is 4.28. The van der Waals surface area contributed by atoms with Gasteiger partial charge in [0.1, 0.15) is 5.82 Å². The Kier molecular flexibility index (Phi) is 5.49. The summed E-state index contributed by atoms with van der Waals surface area (Å²) < 4.78 is 7.25. The lowest BCUT2D eigenvalue weighted by Gasteiger charge is -2.12. The maximum absolute atomic E-state index is 12.3. The fourth-order valence-electron chi connectivity index (χ4n) is 2.53. The molecule has 126 valence electrons. The standard InChI is InChI=1S/C20H18N2O3/c23-14-17-9-10-19(21-13-17)22-18(7-4-8-20(22)24)11-12-25-15-16-5-2-1-3-6-16/h1-10,13-14H,11-12,15H2. The van der Waals surface area contributed by atoms with E-state index in [2.05, 4.69) is 4.98 Å². The molecule has 1 aromatic carbocycles. The van der Waals surface area contributed by atoms with E-state index < -0.39 is 0 Å². The van der Waals surface area contributed by atoms with E-state index in [1.165, 1.54) is 12.3 Å². The number of carbonyl (C=O) groups is 1. The molecule has 0 unspecified atom stereocenters. The highest BCUT2D eigenvalue weighted by Crippen LogP contribution is 2.08. The van der Waals surface area contributed by atoms with Gasteiger partial charge in [0.15, 0.2) is 6.29 Å². The van der Waals surface area contributed by atoms with E-state index in [0.717, 1.165) is 17.5 Å². The molecule has 0 atom stereocenters. The van der Waals surface area contributed by atoms with Gasteiger partial charge in [-0.3, -0.25) is 14.2 Å².